The maximum Gasteiger partial charge on any atom is 0.271 e. The fourth-order valence-corrected chi connectivity index (χ4v) is 2.76. The molecule has 0 fully saturated rings. The Bertz CT molecular complexity index is 747. The average Bonchev–Trinajstić information content (AvgIpc) is 2.69. The Morgan fingerprint density at radius 3 is 2.23 bits per heavy atom. The van der Waals surface area contributed by atoms with E-state index in [1.165, 1.54) is 40.6 Å². The van der Waals surface area contributed by atoms with Crippen molar-refractivity contribution in [3.63, 3.8) is 0 Å². The number of hydrogen-bond donors (Lipinski definition) is 1. The first-order chi connectivity index (χ1) is 12.5. The number of halogens is 1. The van der Waals surface area contributed by atoms with E-state index in [0.29, 0.717) is 5.56 Å². The van der Waals surface area contributed by atoms with Gasteiger partial charge >= 0.3 is 0 Å². The fraction of sp³-hybridized carbons (Fsp3) is 0.316. The molecule has 0 amide bonds. The Morgan fingerprint density at radius 1 is 1.12 bits per heavy atom. The van der Waals surface area contributed by atoms with Gasteiger partial charge < -0.3 is 24.1 Å². The molecule has 1 aliphatic rings. The van der Waals surface area contributed by atoms with E-state index in [1.807, 2.05) is 0 Å². The molecule has 1 aliphatic carbocycles. The molecule has 0 spiro atoms. The van der Waals surface area contributed by atoms with Crippen molar-refractivity contribution in [2.75, 3.05) is 28.4 Å². The third kappa shape index (κ3) is 3.23. The third-order valence-corrected chi connectivity index (χ3v) is 4.09. The van der Waals surface area contributed by atoms with Crippen LogP contribution in [0.5, 0.6) is 0 Å². The van der Waals surface area contributed by atoms with Crippen LogP contribution < -0.4 is 0 Å². The minimum Gasteiger partial charge on any atom is -0.507 e. The summed E-state index contributed by atoms with van der Waals surface area (Å²) in [6.45, 7) is 0. The molecule has 0 aliphatic heterocycles. The zero-order valence-electron chi connectivity index (χ0n) is 15.0. The molecule has 1 N–H and O–H groups in total. The summed E-state index contributed by atoms with van der Waals surface area (Å²) in [5, 5.41) is 10.2. The van der Waals surface area contributed by atoms with Gasteiger partial charge in [0.05, 0.1) is 19.8 Å². The molecular formula is C19H21FO6. The summed E-state index contributed by atoms with van der Waals surface area (Å²) in [6.07, 6.45) is 0.378. The molecule has 26 heavy (non-hydrogen) atoms. The molecular weight excluding hydrogens is 343 g/mol. The van der Waals surface area contributed by atoms with Crippen LogP contribution >= 0.6 is 0 Å². The highest BCUT2D eigenvalue weighted by Crippen LogP contribution is 2.40. The second-order valence-corrected chi connectivity index (χ2v) is 5.37. The lowest BCUT2D eigenvalue weighted by Gasteiger charge is -2.38. The zero-order chi connectivity index (χ0) is 19.3. The van der Waals surface area contributed by atoms with Gasteiger partial charge in [0.1, 0.15) is 5.76 Å². The van der Waals surface area contributed by atoms with Crippen molar-refractivity contribution in [1.82, 2.24) is 0 Å². The molecule has 140 valence electrons. The van der Waals surface area contributed by atoms with Crippen LogP contribution in [0.1, 0.15) is 5.56 Å². The number of aliphatic hydroxyl groups excluding tert-OH is 1. The predicted molar refractivity (Wildman–Crippen MR) is 92.8 cm³/mol. The van der Waals surface area contributed by atoms with Gasteiger partial charge in [0.2, 0.25) is 17.7 Å². The number of ketones is 1. The SMILES string of the molecule is COC1=C(OC)C(OC)(OC)C(F)C(=O)C1=CC=C(O)c1ccccc1. The van der Waals surface area contributed by atoms with Crippen molar-refractivity contribution in [2.45, 2.75) is 12.0 Å². The Hall–Kier alpha value is -2.64. The number of ether oxygens (including phenoxy) is 4. The summed E-state index contributed by atoms with van der Waals surface area (Å²) >= 11 is 0. The fourth-order valence-electron chi connectivity index (χ4n) is 2.76. The van der Waals surface area contributed by atoms with Crippen LogP contribution in [0, 0.1) is 0 Å². The molecule has 6 nitrogen and oxygen atoms in total. The van der Waals surface area contributed by atoms with Gasteiger partial charge in [0, 0.05) is 19.8 Å². The number of alkyl halides is 1. The van der Waals surface area contributed by atoms with Gasteiger partial charge in [0.25, 0.3) is 5.79 Å². The molecule has 1 aromatic rings. The van der Waals surface area contributed by atoms with Crippen molar-refractivity contribution in [3.05, 3.63) is 65.1 Å². The lowest BCUT2D eigenvalue weighted by Crippen LogP contribution is -2.54. The first kappa shape index (κ1) is 19.7. The van der Waals surface area contributed by atoms with Crippen LogP contribution in [-0.2, 0) is 23.7 Å². The van der Waals surface area contributed by atoms with E-state index in [4.69, 9.17) is 18.9 Å². The van der Waals surface area contributed by atoms with Crippen molar-refractivity contribution < 1.29 is 33.2 Å². The van der Waals surface area contributed by atoms with Gasteiger partial charge in [0.15, 0.2) is 5.76 Å². The molecule has 0 saturated heterocycles. The quantitative estimate of drug-likeness (QED) is 0.475. The summed E-state index contributed by atoms with van der Waals surface area (Å²) in [6, 6.07) is 8.70. The first-order valence-electron chi connectivity index (χ1n) is 7.74. The molecule has 0 bridgehead atoms. The second-order valence-electron chi connectivity index (χ2n) is 5.37. The number of aliphatic hydroxyl groups is 1. The molecule has 1 aromatic carbocycles. The number of allylic oxidation sites excluding steroid dienone is 3. The molecule has 0 saturated carbocycles. The van der Waals surface area contributed by atoms with Gasteiger partial charge in [-0.25, -0.2) is 4.39 Å². The van der Waals surface area contributed by atoms with Gasteiger partial charge in [-0.3, -0.25) is 4.79 Å². The normalized spacial score (nSPS) is 21.9. The molecule has 7 heteroatoms. The number of Topliss-reactive ketones (excluding diaryl/α,β-unsaturated/α-hetero) is 1. The highest BCUT2D eigenvalue weighted by Gasteiger charge is 2.56. The van der Waals surface area contributed by atoms with Crippen LogP contribution in [0.15, 0.2) is 59.6 Å². The van der Waals surface area contributed by atoms with Gasteiger partial charge in [-0.2, -0.15) is 0 Å². The predicted octanol–water partition coefficient (Wildman–Crippen LogP) is 2.93. The molecule has 1 unspecified atom stereocenters. The van der Waals surface area contributed by atoms with Crippen LogP contribution in [-0.4, -0.2) is 51.3 Å². The lowest BCUT2D eigenvalue weighted by molar-refractivity contribution is -0.236. The number of rotatable bonds is 6. The Morgan fingerprint density at radius 2 is 1.73 bits per heavy atom. The minimum absolute atomic E-state index is 0.0350. The summed E-state index contributed by atoms with van der Waals surface area (Å²) < 4.78 is 35.6. The number of hydrogen-bond acceptors (Lipinski definition) is 6. The number of carbonyl (C=O) groups is 1. The van der Waals surface area contributed by atoms with Crippen molar-refractivity contribution >= 4 is 11.5 Å². The number of benzene rings is 1. The number of methoxy groups -OCH3 is 4. The summed E-state index contributed by atoms with van der Waals surface area (Å²) in [5.41, 5.74) is 0.437. The van der Waals surface area contributed by atoms with E-state index in [2.05, 4.69) is 0 Å². The van der Waals surface area contributed by atoms with Gasteiger partial charge in [-0.15, -0.1) is 0 Å². The van der Waals surface area contributed by atoms with E-state index in [-0.39, 0.29) is 22.9 Å². The lowest BCUT2D eigenvalue weighted by atomic mass is 9.89. The Kier molecular flexibility index (Phi) is 6.18. The Labute approximate surface area is 151 Å². The smallest absolute Gasteiger partial charge is 0.271 e. The monoisotopic (exact) mass is 364 g/mol. The van der Waals surface area contributed by atoms with Gasteiger partial charge in [-0.1, -0.05) is 30.3 Å². The van der Waals surface area contributed by atoms with Crippen molar-refractivity contribution in [2.24, 2.45) is 0 Å². The molecule has 0 aromatic heterocycles. The summed E-state index contributed by atoms with van der Waals surface area (Å²) in [7, 11) is 5.00. The molecule has 2 rings (SSSR count). The average molecular weight is 364 g/mol. The highest BCUT2D eigenvalue weighted by atomic mass is 19.1. The van der Waals surface area contributed by atoms with Crippen molar-refractivity contribution in [1.29, 1.82) is 0 Å². The topological polar surface area (TPSA) is 74.2 Å². The maximum atomic E-state index is 14.8. The summed E-state index contributed by atoms with van der Waals surface area (Å²) in [5.74, 6) is -3.20. The first-order valence-corrected chi connectivity index (χ1v) is 7.74. The van der Waals surface area contributed by atoms with E-state index in [0.717, 1.165) is 0 Å². The van der Waals surface area contributed by atoms with Crippen molar-refractivity contribution in [3.8, 4) is 0 Å². The number of carbonyl (C=O) groups excluding carboxylic acids is 1. The van der Waals surface area contributed by atoms with Gasteiger partial charge in [-0.05, 0) is 12.2 Å². The van der Waals surface area contributed by atoms with E-state index in [1.54, 1.807) is 30.3 Å². The highest BCUT2D eigenvalue weighted by molar-refractivity contribution is 6.05. The second kappa shape index (κ2) is 8.16. The van der Waals surface area contributed by atoms with Crippen LogP contribution in [0.3, 0.4) is 0 Å². The third-order valence-electron chi connectivity index (χ3n) is 4.09. The zero-order valence-corrected chi connectivity index (χ0v) is 15.0. The maximum absolute atomic E-state index is 14.8. The molecule has 0 radical (unpaired) electrons. The standard InChI is InChI=1S/C19H21FO6/c1-23-16-13(10-11-14(21)12-8-6-5-7-9-12)15(22)17(20)19(25-3,26-4)18(16)24-2/h5-11,17,21H,1-4H3. The van der Waals surface area contributed by atoms with Crippen LogP contribution in [0.2, 0.25) is 0 Å². The van der Waals surface area contributed by atoms with E-state index in [9.17, 15) is 14.3 Å². The Balaban J connectivity index is 2.59. The minimum atomic E-state index is -2.18. The van der Waals surface area contributed by atoms with E-state index < -0.39 is 17.7 Å². The van der Waals surface area contributed by atoms with E-state index >= 15 is 0 Å². The molecule has 0 heterocycles. The van der Waals surface area contributed by atoms with Crippen LogP contribution in [0.25, 0.3) is 5.76 Å². The molecule has 1 atom stereocenters. The van der Waals surface area contributed by atoms with Crippen LogP contribution in [0.4, 0.5) is 4.39 Å². The summed E-state index contributed by atoms with van der Waals surface area (Å²) in [4.78, 5) is 12.6. The largest absolute Gasteiger partial charge is 0.507 e.